The average molecular weight is 286 g/mol. The molecule has 0 spiro atoms. The Bertz CT molecular complexity index is 589. The van der Waals surface area contributed by atoms with E-state index in [0.717, 1.165) is 12.0 Å². The van der Waals surface area contributed by atoms with Crippen LogP contribution in [0, 0.1) is 0 Å². The number of methoxy groups -OCH3 is 1. The summed E-state index contributed by atoms with van der Waals surface area (Å²) >= 11 is 0. The molecule has 0 aliphatic heterocycles. The van der Waals surface area contributed by atoms with Crippen LogP contribution in [-0.4, -0.2) is 29.6 Å². The topological polar surface area (TPSA) is 90.1 Å². The van der Waals surface area contributed by atoms with Crippen molar-refractivity contribution in [2.24, 2.45) is 5.73 Å². The number of anilines is 1. The number of esters is 1. The third kappa shape index (κ3) is 4.25. The maximum Gasteiger partial charge on any atom is 0.376 e. The van der Waals surface area contributed by atoms with Crippen LogP contribution in [0.25, 0.3) is 0 Å². The normalized spacial score (nSPS) is 11.7. The second kappa shape index (κ2) is 7.35. The van der Waals surface area contributed by atoms with E-state index in [1.165, 1.54) is 13.3 Å². The predicted octanol–water partition coefficient (Wildman–Crippen LogP) is 1.77. The number of rotatable bonds is 6. The van der Waals surface area contributed by atoms with Gasteiger partial charge in [-0.05, 0) is 18.1 Å². The van der Waals surface area contributed by atoms with Gasteiger partial charge in [-0.25, -0.2) is 14.8 Å². The van der Waals surface area contributed by atoms with Gasteiger partial charge in [0.1, 0.15) is 5.82 Å². The Kier molecular flexibility index (Phi) is 5.22. The molecule has 1 aromatic carbocycles. The molecule has 1 heterocycles. The standard InChI is InChI=1S/C15H18N4O2/c1-21-15(20)14-18-10-8-13(19-14)17-9-7-12(16)11-5-3-2-4-6-11/h2-6,8,10,12H,7,9,16H2,1H3,(H,17,18,19). The molecule has 0 fully saturated rings. The van der Waals surface area contributed by atoms with E-state index in [1.54, 1.807) is 6.07 Å². The van der Waals surface area contributed by atoms with Gasteiger partial charge in [0, 0.05) is 18.8 Å². The van der Waals surface area contributed by atoms with Crippen molar-refractivity contribution < 1.29 is 9.53 Å². The highest BCUT2D eigenvalue weighted by Crippen LogP contribution is 2.13. The molecule has 0 saturated carbocycles. The second-order valence-electron chi connectivity index (χ2n) is 4.49. The van der Waals surface area contributed by atoms with E-state index in [4.69, 9.17) is 5.73 Å². The third-order valence-corrected chi connectivity index (χ3v) is 3.01. The molecule has 21 heavy (non-hydrogen) atoms. The molecule has 1 aromatic heterocycles. The van der Waals surface area contributed by atoms with Gasteiger partial charge in [0.05, 0.1) is 7.11 Å². The molecule has 3 N–H and O–H groups in total. The Hall–Kier alpha value is -2.47. The van der Waals surface area contributed by atoms with E-state index < -0.39 is 5.97 Å². The van der Waals surface area contributed by atoms with Crippen molar-refractivity contribution in [2.45, 2.75) is 12.5 Å². The number of aromatic nitrogens is 2. The van der Waals surface area contributed by atoms with Gasteiger partial charge in [-0.2, -0.15) is 0 Å². The summed E-state index contributed by atoms with van der Waals surface area (Å²) in [6.45, 7) is 0.647. The molecule has 6 heteroatoms. The predicted molar refractivity (Wildman–Crippen MR) is 79.8 cm³/mol. The average Bonchev–Trinajstić information content (AvgIpc) is 2.55. The number of ether oxygens (including phenoxy) is 1. The molecule has 0 saturated heterocycles. The summed E-state index contributed by atoms with van der Waals surface area (Å²) in [5.74, 6) is 0.0557. The largest absolute Gasteiger partial charge is 0.463 e. The van der Waals surface area contributed by atoms with Crippen LogP contribution in [0.1, 0.15) is 28.6 Å². The Morgan fingerprint density at radius 2 is 2.10 bits per heavy atom. The van der Waals surface area contributed by atoms with Crippen LogP contribution in [0.4, 0.5) is 5.82 Å². The highest BCUT2D eigenvalue weighted by atomic mass is 16.5. The van der Waals surface area contributed by atoms with Crippen LogP contribution in [-0.2, 0) is 4.74 Å². The Morgan fingerprint density at radius 1 is 1.33 bits per heavy atom. The monoisotopic (exact) mass is 286 g/mol. The zero-order valence-corrected chi connectivity index (χ0v) is 11.8. The minimum Gasteiger partial charge on any atom is -0.463 e. The Balaban J connectivity index is 1.87. The maximum absolute atomic E-state index is 11.3. The lowest BCUT2D eigenvalue weighted by Gasteiger charge is -2.12. The van der Waals surface area contributed by atoms with Gasteiger partial charge in [-0.15, -0.1) is 0 Å². The van der Waals surface area contributed by atoms with Gasteiger partial charge in [-0.3, -0.25) is 0 Å². The molecular weight excluding hydrogens is 268 g/mol. The van der Waals surface area contributed by atoms with Crippen molar-refractivity contribution in [3.05, 3.63) is 54.0 Å². The van der Waals surface area contributed by atoms with Crippen LogP contribution in [0.15, 0.2) is 42.6 Å². The smallest absolute Gasteiger partial charge is 0.376 e. The van der Waals surface area contributed by atoms with Gasteiger partial charge in [-0.1, -0.05) is 30.3 Å². The first-order chi connectivity index (χ1) is 10.2. The van der Waals surface area contributed by atoms with Crippen molar-refractivity contribution >= 4 is 11.8 Å². The van der Waals surface area contributed by atoms with Crippen molar-refractivity contribution in [3.8, 4) is 0 Å². The fraction of sp³-hybridized carbons (Fsp3) is 0.267. The van der Waals surface area contributed by atoms with Gasteiger partial charge in [0.25, 0.3) is 0 Å². The van der Waals surface area contributed by atoms with Gasteiger partial charge >= 0.3 is 5.97 Å². The van der Waals surface area contributed by atoms with E-state index in [1.807, 2.05) is 30.3 Å². The third-order valence-electron chi connectivity index (χ3n) is 3.01. The molecule has 0 aliphatic carbocycles. The highest BCUT2D eigenvalue weighted by Gasteiger charge is 2.10. The molecule has 0 bridgehead atoms. The summed E-state index contributed by atoms with van der Waals surface area (Å²) < 4.78 is 4.58. The first-order valence-corrected chi connectivity index (χ1v) is 6.66. The number of hydrogen-bond donors (Lipinski definition) is 2. The van der Waals surface area contributed by atoms with Crippen molar-refractivity contribution in [1.29, 1.82) is 0 Å². The first-order valence-electron chi connectivity index (χ1n) is 6.66. The molecule has 1 unspecified atom stereocenters. The molecule has 2 rings (SSSR count). The summed E-state index contributed by atoms with van der Waals surface area (Å²) in [6, 6.07) is 11.6. The van der Waals surface area contributed by atoms with E-state index in [0.29, 0.717) is 12.4 Å². The lowest BCUT2D eigenvalue weighted by molar-refractivity contribution is 0.0587. The van der Waals surface area contributed by atoms with Crippen molar-refractivity contribution in [2.75, 3.05) is 19.0 Å². The van der Waals surface area contributed by atoms with Gasteiger partial charge in [0.15, 0.2) is 0 Å². The molecule has 0 aliphatic rings. The highest BCUT2D eigenvalue weighted by molar-refractivity contribution is 5.85. The second-order valence-corrected chi connectivity index (χ2v) is 4.49. The number of carbonyl (C=O) groups is 1. The molecule has 1 atom stereocenters. The van der Waals surface area contributed by atoms with E-state index in [-0.39, 0.29) is 11.9 Å². The van der Waals surface area contributed by atoms with Crippen molar-refractivity contribution in [3.63, 3.8) is 0 Å². The van der Waals surface area contributed by atoms with Crippen LogP contribution < -0.4 is 11.1 Å². The van der Waals surface area contributed by atoms with Crippen LogP contribution in [0.2, 0.25) is 0 Å². The number of benzene rings is 1. The quantitative estimate of drug-likeness (QED) is 0.786. The maximum atomic E-state index is 11.3. The fourth-order valence-corrected chi connectivity index (χ4v) is 1.87. The number of nitrogens with one attached hydrogen (secondary N) is 1. The Morgan fingerprint density at radius 3 is 2.81 bits per heavy atom. The molecular formula is C15H18N4O2. The zero-order valence-electron chi connectivity index (χ0n) is 11.8. The number of carbonyl (C=O) groups excluding carboxylic acids is 1. The van der Waals surface area contributed by atoms with Crippen LogP contribution >= 0.6 is 0 Å². The lowest BCUT2D eigenvalue weighted by Crippen LogP contribution is -2.16. The number of nitrogens with zero attached hydrogens (tertiary/aromatic N) is 2. The van der Waals surface area contributed by atoms with Crippen molar-refractivity contribution in [1.82, 2.24) is 9.97 Å². The number of nitrogens with two attached hydrogens (primary N) is 1. The molecule has 0 amide bonds. The zero-order chi connectivity index (χ0) is 15.1. The summed E-state index contributed by atoms with van der Waals surface area (Å²) in [4.78, 5) is 19.3. The Labute approximate surface area is 123 Å². The number of hydrogen-bond acceptors (Lipinski definition) is 6. The fourth-order valence-electron chi connectivity index (χ4n) is 1.87. The van der Waals surface area contributed by atoms with Gasteiger partial charge < -0.3 is 15.8 Å². The van der Waals surface area contributed by atoms with E-state index >= 15 is 0 Å². The molecule has 6 nitrogen and oxygen atoms in total. The minimum atomic E-state index is -0.556. The summed E-state index contributed by atoms with van der Waals surface area (Å²) in [7, 11) is 1.30. The lowest BCUT2D eigenvalue weighted by atomic mass is 10.1. The summed E-state index contributed by atoms with van der Waals surface area (Å²) in [5, 5.41) is 3.13. The van der Waals surface area contributed by atoms with E-state index in [2.05, 4.69) is 20.0 Å². The molecule has 0 radical (unpaired) electrons. The molecule has 110 valence electrons. The van der Waals surface area contributed by atoms with Gasteiger partial charge in [0.2, 0.25) is 5.82 Å². The van der Waals surface area contributed by atoms with E-state index in [9.17, 15) is 4.79 Å². The minimum absolute atomic E-state index is 0.0369. The van der Waals surface area contributed by atoms with Crippen LogP contribution in [0.3, 0.4) is 0 Å². The summed E-state index contributed by atoms with van der Waals surface area (Å²) in [6.07, 6.45) is 2.26. The van der Waals surface area contributed by atoms with Crippen LogP contribution in [0.5, 0.6) is 0 Å². The molecule has 2 aromatic rings. The SMILES string of the molecule is COC(=O)c1nccc(NCCC(N)c2ccccc2)n1. The summed E-state index contributed by atoms with van der Waals surface area (Å²) in [5.41, 5.74) is 7.21. The first kappa shape index (κ1) is 14.9.